The molecule has 1 amide bonds. The molecule has 2 heterocycles. The van der Waals surface area contributed by atoms with Crippen molar-refractivity contribution < 1.29 is 9.53 Å². The summed E-state index contributed by atoms with van der Waals surface area (Å²) in [6.07, 6.45) is 5.39. The molecule has 3 N–H and O–H groups in total. The molecule has 6 nitrogen and oxygen atoms in total. The molecule has 2 aliphatic heterocycles. The van der Waals surface area contributed by atoms with Gasteiger partial charge in [0.25, 0.3) is 0 Å². The fraction of sp³-hybridized carbons (Fsp3) is 0.444. The lowest BCUT2D eigenvalue weighted by molar-refractivity contribution is -0.132. The van der Waals surface area contributed by atoms with Crippen LogP contribution in [0, 0.1) is 13.8 Å². The van der Waals surface area contributed by atoms with Gasteiger partial charge < -0.3 is 20.7 Å². The Hall–Kier alpha value is -3.97. The topological polar surface area (TPSA) is 70.8 Å². The zero-order chi connectivity index (χ0) is 35.8. The van der Waals surface area contributed by atoms with E-state index in [1.54, 1.807) is 0 Å². The highest BCUT2D eigenvalue weighted by molar-refractivity contribution is 5.79. The Morgan fingerprint density at radius 2 is 1.71 bits per heavy atom. The minimum Gasteiger partial charge on any atom is -0.491 e. The van der Waals surface area contributed by atoms with Gasteiger partial charge >= 0.3 is 0 Å². The van der Waals surface area contributed by atoms with Crippen molar-refractivity contribution in [2.45, 2.75) is 89.8 Å². The molecule has 0 aromatic heterocycles. The second-order valence-electron chi connectivity index (χ2n) is 15.4. The van der Waals surface area contributed by atoms with Crippen LogP contribution < -0.4 is 15.8 Å². The van der Waals surface area contributed by atoms with Crippen molar-refractivity contribution in [1.29, 1.82) is 0 Å². The molecule has 51 heavy (non-hydrogen) atoms. The Morgan fingerprint density at radius 1 is 0.922 bits per heavy atom. The molecule has 270 valence electrons. The number of aryl methyl sites for hydroxylation is 2. The normalized spacial score (nSPS) is 20.4. The molecule has 0 bridgehead atoms. The van der Waals surface area contributed by atoms with E-state index >= 15 is 0 Å². The van der Waals surface area contributed by atoms with Crippen molar-refractivity contribution in [3.63, 3.8) is 0 Å². The van der Waals surface area contributed by atoms with E-state index in [9.17, 15) is 4.79 Å². The summed E-state index contributed by atoms with van der Waals surface area (Å²) < 4.78 is 5.95. The summed E-state index contributed by atoms with van der Waals surface area (Å²) in [5.41, 5.74) is 15.1. The van der Waals surface area contributed by atoms with Crippen LogP contribution in [0.4, 0.5) is 0 Å². The molecule has 2 aliphatic rings. The van der Waals surface area contributed by atoms with E-state index in [4.69, 9.17) is 10.5 Å². The number of ether oxygens (including phenoxy) is 1. The first kappa shape index (κ1) is 36.8. The number of amides is 1. The quantitative estimate of drug-likeness (QED) is 0.144. The number of rotatable bonds is 14. The molecule has 0 spiro atoms. The summed E-state index contributed by atoms with van der Waals surface area (Å²) in [5, 5.41) is 3.97. The first-order valence-electron chi connectivity index (χ1n) is 19.1. The van der Waals surface area contributed by atoms with Gasteiger partial charge in [-0.05, 0) is 124 Å². The number of carbonyl (C=O) groups excluding carboxylic acids is 1. The van der Waals surface area contributed by atoms with Crippen LogP contribution in [0.2, 0.25) is 0 Å². The number of fused-ring (bicyclic) bond motifs is 1. The number of nitrogens with one attached hydrogen (secondary N) is 1. The van der Waals surface area contributed by atoms with Crippen LogP contribution >= 0.6 is 0 Å². The van der Waals surface area contributed by atoms with Gasteiger partial charge in [0.2, 0.25) is 5.91 Å². The summed E-state index contributed by atoms with van der Waals surface area (Å²) in [6.45, 7) is 14.2. The van der Waals surface area contributed by atoms with Crippen molar-refractivity contribution in [2.24, 2.45) is 5.73 Å². The maximum Gasteiger partial charge on any atom is 0.227 e. The lowest BCUT2D eigenvalue weighted by Crippen LogP contribution is -2.56. The van der Waals surface area contributed by atoms with E-state index in [0.29, 0.717) is 13.0 Å². The third-order valence-electron chi connectivity index (χ3n) is 11.3. The SMILES string of the molecule is Cc1ccc(C2(CCN(Cc3ccccc3)CC3(CCN)NCCc4ccccc43)CCCN(C(=O)Cc3cccc(OC(C)C)c3)C2)cc1C. The Kier molecular flexibility index (Phi) is 12.0. The second kappa shape index (κ2) is 16.6. The van der Waals surface area contributed by atoms with Gasteiger partial charge in [-0.25, -0.2) is 0 Å². The molecule has 1 fully saturated rings. The molecule has 4 aromatic rings. The number of carbonyl (C=O) groups is 1. The van der Waals surface area contributed by atoms with Crippen molar-refractivity contribution >= 4 is 5.91 Å². The average Bonchev–Trinajstić information content (AvgIpc) is 3.12. The maximum atomic E-state index is 14.1. The Morgan fingerprint density at radius 3 is 2.49 bits per heavy atom. The van der Waals surface area contributed by atoms with Gasteiger partial charge in [-0.2, -0.15) is 0 Å². The van der Waals surface area contributed by atoms with Crippen LogP contribution in [0.15, 0.2) is 97.1 Å². The summed E-state index contributed by atoms with van der Waals surface area (Å²) in [6, 6.07) is 34.8. The lowest BCUT2D eigenvalue weighted by atomic mass is 9.70. The fourth-order valence-electron chi connectivity index (χ4n) is 8.52. The molecule has 1 saturated heterocycles. The molecule has 6 rings (SSSR count). The first-order valence-corrected chi connectivity index (χ1v) is 19.1. The maximum absolute atomic E-state index is 14.1. The van der Waals surface area contributed by atoms with Crippen molar-refractivity contribution in [2.75, 3.05) is 39.3 Å². The van der Waals surface area contributed by atoms with Gasteiger partial charge in [-0.15, -0.1) is 0 Å². The number of hydrogen-bond donors (Lipinski definition) is 2. The number of benzene rings is 4. The van der Waals surface area contributed by atoms with Crippen molar-refractivity contribution in [3.05, 3.63) is 136 Å². The monoisotopic (exact) mass is 686 g/mol. The van der Waals surface area contributed by atoms with Crippen LogP contribution in [0.1, 0.15) is 78.5 Å². The zero-order valence-electron chi connectivity index (χ0n) is 31.3. The number of hydrogen-bond acceptors (Lipinski definition) is 5. The summed E-state index contributed by atoms with van der Waals surface area (Å²) >= 11 is 0. The molecule has 2 unspecified atom stereocenters. The standard InChI is InChI=1S/C45H58N4O2/c1-34(2)51-41-16-10-14-38(29-41)30-43(50)49-26-11-21-44(32-49,40-19-18-35(3)36(4)28-40)23-27-48(31-37-12-6-5-7-13-37)33-45(22-24-46)42-17-9-8-15-39(42)20-25-47-45/h5-10,12-19,28-29,34,47H,11,20-27,30-33,46H2,1-4H3. The van der Waals surface area contributed by atoms with E-state index in [1.807, 2.05) is 38.1 Å². The van der Waals surface area contributed by atoms with E-state index in [-0.39, 0.29) is 23.0 Å². The van der Waals surface area contributed by atoms with Gasteiger partial charge in [0.1, 0.15) is 5.75 Å². The molecule has 0 radical (unpaired) electrons. The van der Waals surface area contributed by atoms with E-state index < -0.39 is 0 Å². The van der Waals surface area contributed by atoms with Gasteiger partial charge in [0, 0.05) is 38.1 Å². The Balaban J connectivity index is 1.30. The van der Waals surface area contributed by atoms with Gasteiger partial charge in [0.15, 0.2) is 0 Å². The summed E-state index contributed by atoms with van der Waals surface area (Å²) in [5.74, 6) is 1.01. The van der Waals surface area contributed by atoms with Crippen LogP contribution in [0.3, 0.4) is 0 Å². The molecule has 0 aliphatic carbocycles. The minimum absolute atomic E-state index is 0.0897. The molecule has 0 saturated carbocycles. The number of piperidine rings is 1. The second-order valence-corrected chi connectivity index (χ2v) is 15.4. The Bertz CT molecular complexity index is 1760. The summed E-state index contributed by atoms with van der Waals surface area (Å²) in [7, 11) is 0. The van der Waals surface area contributed by atoms with Crippen molar-refractivity contribution in [1.82, 2.24) is 15.1 Å². The minimum atomic E-state index is -0.214. The molecular formula is C45H58N4O2. The molecular weight excluding hydrogens is 629 g/mol. The van der Waals surface area contributed by atoms with E-state index in [0.717, 1.165) is 82.7 Å². The van der Waals surface area contributed by atoms with Crippen LogP contribution in [0.5, 0.6) is 5.75 Å². The van der Waals surface area contributed by atoms with E-state index in [2.05, 4.69) is 102 Å². The van der Waals surface area contributed by atoms with Crippen LogP contribution in [0.25, 0.3) is 0 Å². The predicted octanol–water partition coefficient (Wildman–Crippen LogP) is 7.48. The van der Waals surface area contributed by atoms with Crippen molar-refractivity contribution in [3.8, 4) is 5.75 Å². The largest absolute Gasteiger partial charge is 0.491 e. The van der Waals surface area contributed by atoms with E-state index in [1.165, 1.54) is 33.4 Å². The zero-order valence-corrected chi connectivity index (χ0v) is 31.3. The van der Waals surface area contributed by atoms with Gasteiger partial charge in [0.05, 0.1) is 18.1 Å². The van der Waals surface area contributed by atoms with Crippen LogP contribution in [-0.4, -0.2) is 61.1 Å². The lowest BCUT2D eigenvalue weighted by Gasteiger charge is -2.46. The highest BCUT2D eigenvalue weighted by atomic mass is 16.5. The molecule has 4 aromatic carbocycles. The third-order valence-corrected chi connectivity index (χ3v) is 11.3. The third kappa shape index (κ3) is 8.92. The fourth-order valence-corrected chi connectivity index (χ4v) is 8.52. The van der Waals surface area contributed by atoms with Gasteiger partial charge in [-0.1, -0.05) is 84.9 Å². The highest BCUT2D eigenvalue weighted by Gasteiger charge is 2.41. The average molecular weight is 687 g/mol. The highest BCUT2D eigenvalue weighted by Crippen LogP contribution is 2.40. The smallest absolute Gasteiger partial charge is 0.227 e. The van der Waals surface area contributed by atoms with Gasteiger partial charge in [-0.3, -0.25) is 9.69 Å². The summed E-state index contributed by atoms with van der Waals surface area (Å²) in [4.78, 5) is 18.9. The first-order chi connectivity index (χ1) is 24.7. The number of likely N-dealkylation sites (tertiary alicyclic amines) is 1. The molecule has 2 atom stereocenters. The van der Waals surface area contributed by atoms with Crippen LogP contribution in [-0.2, 0) is 35.1 Å². The predicted molar refractivity (Wildman–Crippen MR) is 209 cm³/mol. The number of nitrogens with zero attached hydrogens (tertiary/aromatic N) is 2. The molecule has 6 heteroatoms. The Labute approximate surface area is 306 Å². The number of nitrogens with two attached hydrogens (primary N) is 1.